The molecule has 1 aliphatic carbocycles. The molecule has 1 aliphatic rings. The molecule has 2 aromatic heterocycles. The second-order valence-corrected chi connectivity index (χ2v) is 11.3. The predicted molar refractivity (Wildman–Crippen MR) is 149 cm³/mol. The Kier molecular flexibility index (Phi) is 7.10. The lowest BCUT2D eigenvalue weighted by molar-refractivity contribution is -0.113. The van der Waals surface area contributed by atoms with Crippen LogP contribution in [0.2, 0.25) is 5.02 Å². The first-order valence-corrected chi connectivity index (χ1v) is 13.9. The van der Waals surface area contributed by atoms with E-state index in [1.54, 1.807) is 28.0 Å². The van der Waals surface area contributed by atoms with E-state index in [4.69, 9.17) is 21.3 Å². The highest BCUT2D eigenvalue weighted by molar-refractivity contribution is 7.99. The second-order valence-electron chi connectivity index (χ2n) is 8.90. The van der Waals surface area contributed by atoms with Crippen molar-refractivity contribution in [3.8, 4) is 11.4 Å². The van der Waals surface area contributed by atoms with Crippen molar-refractivity contribution < 1.29 is 9.53 Å². The molecule has 1 amide bonds. The van der Waals surface area contributed by atoms with Gasteiger partial charge in [-0.1, -0.05) is 41.1 Å². The molecule has 36 heavy (non-hydrogen) atoms. The van der Waals surface area contributed by atoms with Crippen molar-refractivity contribution in [2.75, 3.05) is 18.2 Å². The Morgan fingerprint density at radius 3 is 2.69 bits per heavy atom. The van der Waals surface area contributed by atoms with Gasteiger partial charge in [0.1, 0.15) is 10.6 Å². The minimum atomic E-state index is -0.227. The highest BCUT2D eigenvalue weighted by Crippen LogP contribution is 2.35. The first kappa shape index (κ1) is 24.9. The van der Waals surface area contributed by atoms with Gasteiger partial charge in [0.2, 0.25) is 5.91 Å². The first-order valence-electron chi connectivity index (χ1n) is 11.8. The fourth-order valence-corrected chi connectivity index (χ4v) is 6.72. The van der Waals surface area contributed by atoms with Crippen LogP contribution in [0, 0.1) is 13.8 Å². The molecule has 4 aromatic rings. The number of nitrogens with zero attached hydrogens (tertiary/aromatic N) is 2. The van der Waals surface area contributed by atoms with Gasteiger partial charge in [0.15, 0.2) is 5.16 Å². The maximum atomic E-state index is 13.8. The fraction of sp³-hybridized carbons (Fsp3) is 0.296. The number of aryl methyl sites for hydroxylation is 4. The molecule has 1 N–H and O–H groups in total. The molecule has 0 fully saturated rings. The van der Waals surface area contributed by atoms with Crippen LogP contribution in [-0.4, -0.2) is 28.3 Å². The second kappa shape index (κ2) is 10.3. The van der Waals surface area contributed by atoms with Crippen molar-refractivity contribution >= 4 is 56.5 Å². The zero-order valence-corrected chi connectivity index (χ0v) is 22.7. The van der Waals surface area contributed by atoms with E-state index in [-0.39, 0.29) is 17.2 Å². The molecule has 0 saturated heterocycles. The van der Waals surface area contributed by atoms with Crippen LogP contribution in [-0.2, 0) is 17.6 Å². The van der Waals surface area contributed by atoms with E-state index in [1.807, 2.05) is 38.1 Å². The SMILES string of the molecule is COc1cc(Cl)c(C)cc1NC(=O)CSc1nc2sc3c(c2c(=O)n1-c1ccc(C)cc1)CCCC3. The Morgan fingerprint density at radius 1 is 1.19 bits per heavy atom. The molecule has 0 atom stereocenters. The number of hydrogen-bond donors (Lipinski definition) is 1. The number of thiophene rings is 1. The third kappa shape index (κ3) is 4.77. The van der Waals surface area contributed by atoms with Crippen molar-refractivity contribution in [2.24, 2.45) is 0 Å². The summed E-state index contributed by atoms with van der Waals surface area (Å²) in [5.41, 5.74) is 4.32. The molecule has 9 heteroatoms. The number of methoxy groups -OCH3 is 1. The molecule has 2 aromatic carbocycles. The summed E-state index contributed by atoms with van der Waals surface area (Å²) in [5, 5.41) is 4.70. The number of nitrogens with one attached hydrogen (secondary N) is 1. The number of aromatic nitrogens is 2. The Morgan fingerprint density at radius 2 is 1.94 bits per heavy atom. The maximum absolute atomic E-state index is 13.8. The third-order valence-corrected chi connectivity index (χ3v) is 8.87. The van der Waals surface area contributed by atoms with Crippen molar-refractivity contribution in [3.63, 3.8) is 0 Å². The Bertz CT molecular complexity index is 1530. The van der Waals surface area contributed by atoms with Gasteiger partial charge in [-0.05, 0) is 68.9 Å². The van der Waals surface area contributed by atoms with Crippen molar-refractivity contribution in [2.45, 2.75) is 44.7 Å². The lowest BCUT2D eigenvalue weighted by atomic mass is 9.97. The summed E-state index contributed by atoms with van der Waals surface area (Å²) < 4.78 is 7.02. The van der Waals surface area contributed by atoms with E-state index in [0.29, 0.717) is 21.6 Å². The molecular weight excluding hydrogens is 514 g/mol. The van der Waals surface area contributed by atoms with Crippen LogP contribution < -0.4 is 15.6 Å². The topological polar surface area (TPSA) is 73.2 Å². The van der Waals surface area contributed by atoms with Gasteiger partial charge in [-0.2, -0.15) is 0 Å². The predicted octanol–water partition coefficient (Wildman–Crippen LogP) is 6.34. The minimum Gasteiger partial charge on any atom is -0.495 e. The maximum Gasteiger partial charge on any atom is 0.267 e. The van der Waals surface area contributed by atoms with Crippen molar-refractivity contribution in [1.82, 2.24) is 9.55 Å². The first-order chi connectivity index (χ1) is 17.4. The zero-order chi connectivity index (χ0) is 25.4. The largest absolute Gasteiger partial charge is 0.495 e. The highest BCUT2D eigenvalue weighted by Gasteiger charge is 2.23. The number of fused-ring (bicyclic) bond motifs is 3. The number of halogens is 1. The smallest absolute Gasteiger partial charge is 0.267 e. The Hall–Kier alpha value is -2.81. The number of benzene rings is 2. The number of thioether (sulfide) groups is 1. The molecule has 2 heterocycles. The third-order valence-electron chi connectivity index (χ3n) is 6.34. The van der Waals surface area contributed by atoms with Gasteiger partial charge < -0.3 is 10.1 Å². The van der Waals surface area contributed by atoms with Gasteiger partial charge in [-0.3, -0.25) is 14.2 Å². The standard InChI is InChI=1S/C27H26ClN3O3S2/c1-15-8-10-17(11-9-15)31-26(33)24-18-6-4-5-7-22(18)36-25(24)30-27(31)35-14-23(32)29-20-12-16(2)19(28)13-21(20)34-3/h8-13H,4-7,14H2,1-3H3,(H,29,32). The van der Waals surface area contributed by atoms with Gasteiger partial charge in [-0.25, -0.2) is 4.98 Å². The van der Waals surface area contributed by atoms with Gasteiger partial charge >= 0.3 is 0 Å². The Balaban J connectivity index is 1.50. The minimum absolute atomic E-state index is 0.0684. The van der Waals surface area contributed by atoms with Crippen LogP contribution in [0.5, 0.6) is 5.75 Å². The van der Waals surface area contributed by atoms with E-state index < -0.39 is 0 Å². The summed E-state index contributed by atoms with van der Waals surface area (Å²) in [7, 11) is 1.53. The summed E-state index contributed by atoms with van der Waals surface area (Å²) in [6.45, 7) is 3.88. The Labute approximate surface area is 222 Å². The number of hydrogen-bond acceptors (Lipinski definition) is 6. The summed E-state index contributed by atoms with van der Waals surface area (Å²) in [5.74, 6) is 0.347. The van der Waals surface area contributed by atoms with Gasteiger partial charge in [0, 0.05) is 16.0 Å². The van der Waals surface area contributed by atoms with Crippen LogP contribution in [0.1, 0.15) is 34.4 Å². The van der Waals surface area contributed by atoms with Crippen LogP contribution >= 0.6 is 34.7 Å². The van der Waals surface area contributed by atoms with E-state index in [2.05, 4.69) is 5.32 Å². The van der Waals surface area contributed by atoms with Crippen molar-refractivity contribution in [3.05, 3.63) is 73.3 Å². The lowest BCUT2D eigenvalue weighted by Gasteiger charge is -2.14. The van der Waals surface area contributed by atoms with Gasteiger partial charge in [-0.15, -0.1) is 11.3 Å². The van der Waals surface area contributed by atoms with E-state index in [9.17, 15) is 9.59 Å². The normalized spacial score (nSPS) is 13.0. The van der Waals surface area contributed by atoms with Crippen molar-refractivity contribution in [1.29, 1.82) is 0 Å². The summed E-state index contributed by atoms with van der Waals surface area (Å²) in [4.78, 5) is 33.7. The quantitative estimate of drug-likeness (QED) is 0.229. The van der Waals surface area contributed by atoms with Crippen LogP contribution in [0.15, 0.2) is 46.3 Å². The lowest BCUT2D eigenvalue weighted by Crippen LogP contribution is -2.23. The molecule has 5 rings (SSSR count). The molecule has 6 nitrogen and oxygen atoms in total. The molecule has 0 radical (unpaired) electrons. The van der Waals surface area contributed by atoms with Crippen LogP contribution in [0.25, 0.3) is 15.9 Å². The summed E-state index contributed by atoms with van der Waals surface area (Å²) >= 11 is 9.05. The number of carbonyl (C=O) groups is 1. The molecule has 0 unspecified atom stereocenters. The average Bonchev–Trinajstić information content (AvgIpc) is 3.24. The number of rotatable bonds is 6. The molecule has 0 aliphatic heterocycles. The summed E-state index contributed by atoms with van der Waals surface area (Å²) in [6, 6.07) is 11.3. The van der Waals surface area contributed by atoms with Crippen LogP contribution in [0.3, 0.4) is 0 Å². The monoisotopic (exact) mass is 539 g/mol. The zero-order valence-electron chi connectivity index (χ0n) is 20.3. The van der Waals surface area contributed by atoms with Crippen LogP contribution in [0.4, 0.5) is 5.69 Å². The molecule has 0 bridgehead atoms. The van der Waals surface area contributed by atoms with Gasteiger partial charge in [0.05, 0.1) is 29.6 Å². The van der Waals surface area contributed by atoms with E-state index in [0.717, 1.165) is 58.3 Å². The fourth-order valence-electron chi connectivity index (χ4n) is 4.45. The average molecular weight is 540 g/mol. The molecule has 0 saturated carbocycles. The molecule has 0 spiro atoms. The number of carbonyl (C=O) groups excluding carboxylic acids is 1. The van der Waals surface area contributed by atoms with E-state index >= 15 is 0 Å². The number of ether oxygens (including phenoxy) is 1. The number of amides is 1. The van der Waals surface area contributed by atoms with E-state index in [1.165, 1.54) is 23.7 Å². The van der Waals surface area contributed by atoms with Gasteiger partial charge in [0.25, 0.3) is 5.56 Å². The molecule has 186 valence electrons. The number of anilines is 1. The highest BCUT2D eigenvalue weighted by atomic mass is 35.5. The summed E-state index contributed by atoms with van der Waals surface area (Å²) in [6.07, 6.45) is 4.14. The molecular formula is C27H26ClN3O3S2.